The fourth-order valence-electron chi connectivity index (χ4n) is 5.42. The van der Waals surface area contributed by atoms with Gasteiger partial charge >= 0.3 is 0 Å². The van der Waals surface area contributed by atoms with Crippen LogP contribution in [-0.4, -0.2) is 39.1 Å². The standard InChI is InChI=1S/C31H24N8S/c1-19(2)17-37-35-29-28(34-31-32-18-33-39(31)30(29)36-37)27-16-15-26(40-27)20-11-13-21(14-12-20)38-24-9-5-3-7-22(24)23-8-4-6-10-25(23)38/h3-16,18-19H,17H2,1-2H3. The average molecular weight is 541 g/mol. The normalized spacial score (nSPS) is 12.1. The fraction of sp³-hybridized carbons (Fsp3) is 0.129. The van der Waals surface area contributed by atoms with E-state index in [2.05, 4.69) is 113 Å². The van der Waals surface area contributed by atoms with Crippen LogP contribution in [0.3, 0.4) is 0 Å². The van der Waals surface area contributed by atoms with Crippen LogP contribution in [0.1, 0.15) is 13.8 Å². The number of rotatable bonds is 5. The number of benzene rings is 3. The van der Waals surface area contributed by atoms with Crippen molar-refractivity contribution < 1.29 is 0 Å². The van der Waals surface area contributed by atoms with E-state index in [0.717, 1.165) is 38.8 Å². The lowest BCUT2D eigenvalue weighted by molar-refractivity contribution is 0.441. The van der Waals surface area contributed by atoms with Crippen molar-refractivity contribution >= 4 is 50.1 Å². The van der Waals surface area contributed by atoms with Crippen molar-refractivity contribution in [2.45, 2.75) is 20.4 Å². The Bertz CT molecular complexity index is 2130. The number of aromatic nitrogens is 8. The van der Waals surface area contributed by atoms with Gasteiger partial charge in [-0.3, -0.25) is 0 Å². The summed E-state index contributed by atoms with van der Waals surface area (Å²) in [6, 6.07) is 30.2. The van der Waals surface area contributed by atoms with Crippen LogP contribution in [-0.2, 0) is 6.54 Å². The third-order valence-corrected chi connectivity index (χ3v) is 8.30. The van der Waals surface area contributed by atoms with E-state index in [9.17, 15) is 0 Å². The molecule has 0 saturated carbocycles. The lowest BCUT2D eigenvalue weighted by Gasteiger charge is -2.08. The monoisotopic (exact) mass is 540 g/mol. The maximum atomic E-state index is 4.82. The number of hydrogen-bond acceptors (Lipinski definition) is 6. The van der Waals surface area contributed by atoms with Gasteiger partial charge < -0.3 is 4.57 Å². The summed E-state index contributed by atoms with van der Waals surface area (Å²) in [6.45, 7) is 5.02. The van der Waals surface area contributed by atoms with E-state index in [-0.39, 0.29) is 0 Å². The summed E-state index contributed by atoms with van der Waals surface area (Å²) in [5.74, 6) is 0.938. The molecule has 0 aliphatic rings. The molecule has 0 spiro atoms. The highest BCUT2D eigenvalue weighted by molar-refractivity contribution is 7.18. The van der Waals surface area contributed by atoms with E-state index in [1.807, 2.05) is 0 Å². The minimum atomic E-state index is 0.420. The Hall–Kier alpha value is -4.89. The summed E-state index contributed by atoms with van der Waals surface area (Å²) >= 11 is 1.69. The maximum Gasteiger partial charge on any atom is 0.254 e. The zero-order valence-corrected chi connectivity index (χ0v) is 22.7. The highest BCUT2D eigenvalue weighted by Crippen LogP contribution is 2.37. The third-order valence-electron chi connectivity index (χ3n) is 7.16. The van der Waals surface area contributed by atoms with Crippen molar-refractivity contribution in [3.8, 4) is 26.7 Å². The average Bonchev–Trinajstić information content (AvgIpc) is 3.76. The second-order valence-corrected chi connectivity index (χ2v) is 11.4. The Morgan fingerprint density at radius 2 is 1.48 bits per heavy atom. The van der Waals surface area contributed by atoms with Crippen molar-refractivity contribution in [1.82, 2.24) is 39.1 Å². The molecule has 0 radical (unpaired) electrons. The van der Waals surface area contributed by atoms with Crippen LogP contribution in [0.15, 0.2) is 91.3 Å². The van der Waals surface area contributed by atoms with Gasteiger partial charge in [0, 0.05) is 21.3 Å². The van der Waals surface area contributed by atoms with Gasteiger partial charge in [0.2, 0.25) is 5.65 Å². The largest absolute Gasteiger partial charge is 0.309 e. The molecule has 194 valence electrons. The first-order chi connectivity index (χ1) is 19.6. The molecular weight excluding hydrogens is 516 g/mol. The van der Waals surface area contributed by atoms with Crippen molar-refractivity contribution in [1.29, 1.82) is 0 Å². The van der Waals surface area contributed by atoms with Gasteiger partial charge in [0.25, 0.3) is 5.78 Å². The molecule has 5 heterocycles. The third kappa shape index (κ3) is 3.55. The molecule has 0 aliphatic carbocycles. The van der Waals surface area contributed by atoms with Gasteiger partial charge in [-0.1, -0.05) is 62.4 Å². The van der Waals surface area contributed by atoms with Gasteiger partial charge in [0.15, 0.2) is 5.52 Å². The molecule has 8 aromatic rings. The summed E-state index contributed by atoms with van der Waals surface area (Å²) in [5, 5.41) is 16.3. The Labute approximate surface area is 233 Å². The predicted molar refractivity (Wildman–Crippen MR) is 160 cm³/mol. The molecule has 0 bridgehead atoms. The van der Waals surface area contributed by atoms with E-state index in [4.69, 9.17) is 15.2 Å². The first kappa shape index (κ1) is 23.0. The molecule has 0 saturated heterocycles. The van der Waals surface area contributed by atoms with E-state index >= 15 is 0 Å². The lowest BCUT2D eigenvalue weighted by Crippen LogP contribution is -2.07. The molecule has 5 aromatic heterocycles. The van der Waals surface area contributed by atoms with E-state index < -0.39 is 0 Å². The molecule has 0 atom stereocenters. The number of para-hydroxylation sites is 2. The van der Waals surface area contributed by atoms with Crippen LogP contribution < -0.4 is 0 Å². The molecule has 0 amide bonds. The van der Waals surface area contributed by atoms with Gasteiger partial charge in [-0.05, 0) is 47.9 Å². The summed E-state index contributed by atoms with van der Waals surface area (Å²) in [7, 11) is 0. The minimum absolute atomic E-state index is 0.420. The molecule has 0 N–H and O–H groups in total. The molecule has 0 aliphatic heterocycles. The smallest absolute Gasteiger partial charge is 0.254 e. The molecule has 8 nitrogen and oxygen atoms in total. The van der Waals surface area contributed by atoms with Crippen LogP contribution in [0, 0.1) is 5.92 Å². The summed E-state index contributed by atoms with van der Waals surface area (Å²) < 4.78 is 3.99. The zero-order valence-electron chi connectivity index (χ0n) is 21.9. The Morgan fingerprint density at radius 3 is 2.20 bits per heavy atom. The van der Waals surface area contributed by atoms with Crippen LogP contribution >= 0.6 is 11.3 Å². The van der Waals surface area contributed by atoms with Crippen molar-refractivity contribution in [3.63, 3.8) is 0 Å². The summed E-state index contributed by atoms with van der Waals surface area (Å²) in [6.07, 6.45) is 1.51. The highest BCUT2D eigenvalue weighted by atomic mass is 32.1. The lowest BCUT2D eigenvalue weighted by atomic mass is 10.1. The van der Waals surface area contributed by atoms with Gasteiger partial charge in [0.1, 0.15) is 12.0 Å². The molecule has 8 rings (SSSR count). The maximum absolute atomic E-state index is 4.82. The first-order valence-corrected chi connectivity index (χ1v) is 14.1. The van der Waals surface area contributed by atoms with Crippen molar-refractivity contribution in [2.75, 3.05) is 0 Å². The number of fused-ring (bicyclic) bond motifs is 6. The predicted octanol–water partition coefficient (Wildman–Crippen LogP) is 7.02. The SMILES string of the molecule is CC(C)Cn1nc2c(-c3ccc(-c4ccc(-n5c6ccccc6c6ccccc65)cc4)s3)nc3ncnn3c2n1. The van der Waals surface area contributed by atoms with Crippen molar-refractivity contribution in [3.05, 3.63) is 91.3 Å². The summed E-state index contributed by atoms with van der Waals surface area (Å²) in [5.41, 5.74) is 6.89. The second-order valence-electron chi connectivity index (χ2n) is 10.3. The highest BCUT2D eigenvalue weighted by Gasteiger charge is 2.19. The van der Waals surface area contributed by atoms with Crippen molar-refractivity contribution in [2.24, 2.45) is 5.92 Å². The van der Waals surface area contributed by atoms with Crippen LogP contribution in [0.2, 0.25) is 0 Å². The Balaban J connectivity index is 1.20. The van der Waals surface area contributed by atoms with E-state index in [1.165, 1.54) is 28.1 Å². The van der Waals surface area contributed by atoms with Gasteiger partial charge in [0.05, 0.1) is 22.5 Å². The molecular formula is C31H24N8S. The summed E-state index contributed by atoms with van der Waals surface area (Å²) in [4.78, 5) is 13.1. The quantitative estimate of drug-likeness (QED) is 0.234. The zero-order chi connectivity index (χ0) is 26.8. The van der Waals surface area contributed by atoms with E-state index in [0.29, 0.717) is 17.3 Å². The molecule has 0 unspecified atom stereocenters. The van der Waals surface area contributed by atoms with Gasteiger partial charge in [-0.25, -0.2) is 4.98 Å². The molecule has 0 fully saturated rings. The number of hydrogen-bond donors (Lipinski definition) is 0. The van der Waals surface area contributed by atoms with Gasteiger partial charge in [-0.15, -0.1) is 21.5 Å². The minimum Gasteiger partial charge on any atom is -0.309 e. The van der Waals surface area contributed by atoms with Crippen LogP contribution in [0.5, 0.6) is 0 Å². The number of nitrogens with zero attached hydrogens (tertiary/aromatic N) is 8. The van der Waals surface area contributed by atoms with Gasteiger partial charge in [-0.2, -0.15) is 19.4 Å². The molecule has 40 heavy (non-hydrogen) atoms. The molecule has 9 heteroatoms. The Kier molecular flexibility index (Phi) is 5.08. The van der Waals surface area contributed by atoms with Crippen LogP contribution in [0.25, 0.3) is 65.4 Å². The topological polar surface area (TPSA) is 78.7 Å². The second kappa shape index (κ2) is 8.82. The first-order valence-electron chi connectivity index (χ1n) is 13.3. The van der Waals surface area contributed by atoms with E-state index in [1.54, 1.807) is 20.6 Å². The van der Waals surface area contributed by atoms with Crippen LogP contribution in [0.4, 0.5) is 0 Å². The molecule has 3 aromatic carbocycles. The number of thiophene rings is 1. The Morgan fingerprint density at radius 1 is 0.775 bits per heavy atom. The fourth-order valence-corrected chi connectivity index (χ4v) is 6.43.